The van der Waals surface area contributed by atoms with Crippen LogP contribution >= 0.6 is 11.6 Å². The van der Waals surface area contributed by atoms with Gasteiger partial charge in [-0.05, 0) is 50.8 Å². The molecule has 112 valence electrons. The third kappa shape index (κ3) is 2.85. The van der Waals surface area contributed by atoms with Crippen LogP contribution in [0, 0.1) is 5.82 Å². The van der Waals surface area contributed by atoms with Gasteiger partial charge in [-0.2, -0.15) is 0 Å². The van der Waals surface area contributed by atoms with Crippen molar-refractivity contribution in [3.8, 4) is 5.75 Å². The van der Waals surface area contributed by atoms with Gasteiger partial charge in [-0.3, -0.25) is 0 Å². The first-order valence-corrected chi connectivity index (χ1v) is 8.01. The molecule has 0 radical (unpaired) electrons. The van der Waals surface area contributed by atoms with Gasteiger partial charge in [0.15, 0.2) is 11.6 Å². The highest BCUT2D eigenvalue weighted by Gasteiger charge is 2.31. The van der Waals surface area contributed by atoms with Gasteiger partial charge in [-0.15, -0.1) is 0 Å². The molecule has 0 amide bonds. The normalized spacial score (nSPS) is 19.8. The monoisotopic (exact) mass is 319 g/mol. The van der Waals surface area contributed by atoms with Crippen LogP contribution in [0.2, 0.25) is 5.02 Å². The molecule has 1 N–H and O–H groups in total. The molecule has 1 aromatic carbocycles. The zero-order valence-corrected chi connectivity index (χ0v) is 13.6. The molecule has 0 heterocycles. The second kappa shape index (κ2) is 5.62. The second-order valence-electron chi connectivity index (χ2n) is 5.86. The predicted octanol–water partition coefficient (Wildman–Crippen LogP) is 3.53. The van der Waals surface area contributed by atoms with Crippen molar-refractivity contribution >= 4 is 22.6 Å². The SMILES string of the molecule is COc1c(Cl)cc2c(c1F)CC[C@H]2NS(=O)C(C)(C)C. The number of fused-ring (bicyclic) bond motifs is 1. The molecule has 6 heteroatoms. The molecule has 0 bridgehead atoms. The van der Waals surface area contributed by atoms with Crippen molar-refractivity contribution in [1.29, 1.82) is 0 Å². The lowest BCUT2D eigenvalue weighted by atomic mass is 10.1. The van der Waals surface area contributed by atoms with Crippen molar-refractivity contribution in [2.45, 2.75) is 44.4 Å². The Labute approximate surface area is 126 Å². The van der Waals surface area contributed by atoms with E-state index >= 15 is 0 Å². The van der Waals surface area contributed by atoms with Gasteiger partial charge >= 0.3 is 0 Å². The number of hydrogen-bond acceptors (Lipinski definition) is 2. The lowest BCUT2D eigenvalue weighted by Gasteiger charge is -2.22. The van der Waals surface area contributed by atoms with Crippen LogP contribution in [0.5, 0.6) is 5.75 Å². The van der Waals surface area contributed by atoms with Gasteiger partial charge in [0.25, 0.3) is 0 Å². The fourth-order valence-electron chi connectivity index (χ4n) is 2.28. The minimum absolute atomic E-state index is 0.0861. The third-order valence-electron chi connectivity index (χ3n) is 3.38. The van der Waals surface area contributed by atoms with Gasteiger partial charge in [0, 0.05) is 6.04 Å². The van der Waals surface area contributed by atoms with Crippen molar-refractivity contribution in [3.63, 3.8) is 0 Å². The van der Waals surface area contributed by atoms with Crippen molar-refractivity contribution < 1.29 is 13.3 Å². The summed E-state index contributed by atoms with van der Waals surface area (Å²) in [5.74, 6) is -0.316. The molecule has 0 fully saturated rings. The quantitative estimate of drug-likeness (QED) is 0.925. The van der Waals surface area contributed by atoms with Gasteiger partial charge in [0.1, 0.15) is 0 Å². The molecule has 0 spiro atoms. The number of nitrogens with one attached hydrogen (secondary N) is 1. The molecule has 1 aliphatic carbocycles. The highest BCUT2D eigenvalue weighted by atomic mass is 35.5. The number of methoxy groups -OCH3 is 1. The number of halogens is 2. The zero-order valence-electron chi connectivity index (χ0n) is 12.0. The van der Waals surface area contributed by atoms with Crippen LogP contribution in [-0.4, -0.2) is 16.1 Å². The first kappa shape index (κ1) is 15.7. The Morgan fingerprint density at radius 1 is 1.50 bits per heavy atom. The molecule has 1 unspecified atom stereocenters. The lowest BCUT2D eigenvalue weighted by Crippen LogP contribution is -2.35. The van der Waals surface area contributed by atoms with E-state index in [9.17, 15) is 8.60 Å². The van der Waals surface area contributed by atoms with Gasteiger partial charge in [0.2, 0.25) is 0 Å². The summed E-state index contributed by atoms with van der Waals surface area (Å²) in [4.78, 5) is 0. The van der Waals surface area contributed by atoms with Gasteiger partial charge in [-0.25, -0.2) is 13.3 Å². The number of ether oxygens (including phenoxy) is 1. The Bertz CT molecular complexity index is 557. The summed E-state index contributed by atoms with van der Waals surface area (Å²) in [5.41, 5.74) is 1.39. The Morgan fingerprint density at radius 3 is 2.70 bits per heavy atom. The first-order chi connectivity index (χ1) is 9.25. The first-order valence-electron chi connectivity index (χ1n) is 6.48. The van der Waals surface area contributed by atoms with E-state index in [1.165, 1.54) is 7.11 Å². The summed E-state index contributed by atoms with van der Waals surface area (Å²) in [6.45, 7) is 5.69. The van der Waals surface area contributed by atoms with E-state index in [0.29, 0.717) is 18.4 Å². The summed E-state index contributed by atoms with van der Waals surface area (Å²) in [5, 5.41) is 0.249. The topological polar surface area (TPSA) is 38.3 Å². The maximum absolute atomic E-state index is 14.3. The molecule has 2 atom stereocenters. The molecule has 1 aromatic rings. The van der Waals surface area contributed by atoms with Crippen molar-refractivity contribution in [2.75, 3.05) is 7.11 Å². The van der Waals surface area contributed by atoms with E-state index < -0.39 is 16.8 Å². The molecule has 0 saturated heterocycles. The molecule has 0 aromatic heterocycles. The molecule has 2 rings (SSSR count). The minimum atomic E-state index is -1.20. The minimum Gasteiger partial charge on any atom is -0.492 e. The summed E-state index contributed by atoms with van der Waals surface area (Å²) in [6.07, 6.45) is 1.30. The highest BCUT2D eigenvalue weighted by molar-refractivity contribution is 7.84. The predicted molar refractivity (Wildman–Crippen MR) is 80.1 cm³/mol. The van der Waals surface area contributed by atoms with E-state index in [-0.39, 0.29) is 21.6 Å². The Hall–Kier alpha value is -0.650. The molecule has 3 nitrogen and oxygen atoms in total. The van der Waals surface area contributed by atoms with E-state index in [4.69, 9.17) is 16.3 Å². The van der Waals surface area contributed by atoms with Gasteiger partial charge in [-0.1, -0.05) is 11.6 Å². The van der Waals surface area contributed by atoms with Crippen LogP contribution in [0.4, 0.5) is 4.39 Å². The molecular weight excluding hydrogens is 301 g/mol. The molecule has 1 aliphatic rings. The van der Waals surface area contributed by atoms with Crippen molar-refractivity contribution in [1.82, 2.24) is 4.72 Å². The maximum Gasteiger partial charge on any atom is 0.173 e. The van der Waals surface area contributed by atoms with Crippen molar-refractivity contribution in [3.05, 3.63) is 28.0 Å². The summed E-state index contributed by atoms with van der Waals surface area (Å²) in [7, 11) is 0.197. The number of rotatable bonds is 3. The number of benzene rings is 1. The highest BCUT2D eigenvalue weighted by Crippen LogP contribution is 2.41. The Balaban J connectivity index is 2.32. The average molecular weight is 320 g/mol. The molecule has 20 heavy (non-hydrogen) atoms. The molecular formula is C14H19ClFNO2S. The van der Waals surface area contributed by atoms with Crippen LogP contribution in [-0.2, 0) is 17.4 Å². The van der Waals surface area contributed by atoms with Crippen LogP contribution in [0.1, 0.15) is 44.4 Å². The van der Waals surface area contributed by atoms with Gasteiger partial charge in [0.05, 0.1) is 27.9 Å². The van der Waals surface area contributed by atoms with E-state index in [1.54, 1.807) is 6.07 Å². The second-order valence-corrected chi connectivity index (χ2v) is 8.27. The van der Waals surface area contributed by atoms with Crippen LogP contribution in [0.15, 0.2) is 6.07 Å². The smallest absolute Gasteiger partial charge is 0.173 e. The fourth-order valence-corrected chi connectivity index (χ4v) is 3.42. The summed E-state index contributed by atoms with van der Waals surface area (Å²) >= 11 is 6.04. The summed E-state index contributed by atoms with van der Waals surface area (Å²) in [6, 6.07) is 1.58. The Morgan fingerprint density at radius 2 is 2.15 bits per heavy atom. The fraction of sp³-hybridized carbons (Fsp3) is 0.571. The lowest BCUT2D eigenvalue weighted by molar-refractivity contribution is 0.384. The van der Waals surface area contributed by atoms with E-state index in [0.717, 1.165) is 5.56 Å². The van der Waals surface area contributed by atoms with Gasteiger partial charge < -0.3 is 4.74 Å². The summed E-state index contributed by atoms with van der Waals surface area (Å²) < 4.78 is 34.1. The van der Waals surface area contributed by atoms with Crippen molar-refractivity contribution in [2.24, 2.45) is 0 Å². The molecule has 0 saturated carbocycles. The maximum atomic E-state index is 14.3. The van der Waals surface area contributed by atoms with E-state index in [1.807, 2.05) is 20.8 Å². The number of hydrogen-bond donors (Lipinski definition) is 1. The Kier molecular flexibility index (Phi) is 4.42. The average Bonchev–Trinajstić information content (AvgIpc) is 2.72. The van der Waals surface area contributed by atoms with E-state index in [2.05, 4.69) is 4.72 Å². The molecule has 0 aliphatic heterocycles. The largest absolute Gasteiger partial charge is 0.492 e. The van der Waals surface area contributed by atoms with Crippen LogP contribution < -0.4 is 9.46 Å². The third-order valence-corrected chi connectivity index (χ3v) is 5.27. The van der Waals surface area contributed by atoms with Crippen LogP contribution in [0.25, 0.3) is 0 Å². The standard InChI is InChI=1S/C14H19ClFNO2S/c1-14(2,3)20(18)17-11-6-5-8-9(11)7-10(15)13(19-4)12(8)16/h7,11,17H,5-6H2,1-4H3/t11-,20?/m1/s1. The van der Waals surface area contributed by atoms with Crippen LogP contribution in [0.3, 0.4) is 0 Å². The zero-order chi connectivity index (χ0) is 15.1.